The molecule has 2 saturated heterocycles. The molecule has 2 aliphatic heterocycles. The maximum absolute atomic E-state index is 13.3. The highest BCUT2D eigenvalue weighted by molar-refractivity contribution is 6.36. The number of amides is 1. The Hall–Kier alpha value is -3.20. The Kier molecular flexibility index (Phi) is 7.19. The smallest absolute Gasteiger partial charge is 0.255 e. The zero-order valence-corrected chi connectivity index (χ0v) is 22.4. The third-order valence-electron chi connectivity index (χ3n) is 7.26. The van der Waals surface area contributed by atoms with E-state index in [1.165, 1.54) is 0 Å². The molecule has 0 bridgehead atoms. The van der Waals surface area contributed by atoms with Crippen LogP contribution in [0, 0.1) is 0 Å². The summed E-state index contributed by atoms with van der Waals surface area (Å²) in [4.78, 5) is 27.6. The SMILES string of the molecule is O=C(c1ccc(Cl)cc1Cl)N1CCCN(c2nc(C3CCOCC3)nc3c2cnn3-c2ccccc2)CC1. The average molecular weight is 551 g/mol. The molecule has 0 atom stereocenters. The summed E-state index contributed by atoms with van der Waals surface area (Å²) >= 11 is 12.4. The molecule has 196 valence electrons. The second-order valence-electron chi connectivity index (χ2n) is 9.68. The van der Waals surface area contributed by atoms with E-state index >= 15 is 0 Å². The third kappa shape index (κ3) is 4.96. The van der Waals surface area contributed by atoms with Crippen molar-refractivity contribution in [3.05, 3.63) is 76.2 Å². The maximum Gasteiger partial charge on any atom is 0.255 e. The van der Waals surface area contributed by atoms with Gasteiger partial charge in [-0.25, -0.2) is 14.6 Å². The van der Waals surface area contributed by atoms with E-state index in [2.05, 4.69) is 4.90 Å². The molecule has 0 saturated carbocycles. The summed E-state index contributed by atoms with van der Waals surface area (Å²) in [6, 6.07) is 15.0. The number of fused-ring (bicyclic) bond motifs is 1. The minimum atomic E-state index is -0.0823. The van der Waals surface area contributed by atoms with Gasteiger partial charge in [0, 0.05) is 50.3 Å². The van der Waals surface area contributed by atoms with Crippen molar-refractivity contribution in [2.45, 2.75) is 25.2 Å². The van der Waals surface area contributed by atoms with Crippen molar-refractivity contribution in [3.63, 3.8) is 0 Å². The van der Waals surface area contributed by atoms with E-state index in [9.17, 15) is 4.79 Å². The number of rotatable bonds is 4. The summed E-state index contributed by atoms with van der Waals surface area (Å²) in [6.07, 6.45) is 4.46. The molecule has 10 heteroatoms. The molecule has 4 aromatic rings. The first-order valence-electron chi connectivity index (χ1n) is 13.0. The molecule has 4 heterocycles. The Labute approximate surface area is 231 Å². The number of hydrogen-bond donors (Lipinski definition) is 0. The van der Waals surface area contributed by atoms with Crippen molar-refractivity contribution in [1.29, 1.82) is 0 Å². The number of carbonyl (C=O) groups is 1. The van der Waals surface area contributed by atoms with E-state index < -0.39 is 0 Å². The highest BCUT2D eigenvalue weighted by atomic mass is 35.5. The summed E-state index contributed by atoms with van der Waals surface area (Å²) < 4.78 is 7.49. The quantitative estimate of drug-likeness (QED) is 0.340. The minimum absolute atomic E-state index is 0.0823. The van der Waals surface area contributed by atoms with Crippen LogP contribution in [-0.2, 0) is 4.74 Å². The zero-order valence-electron chi connectivity index (χ0n) is 20.9. The highest BCUT2D eigenvalue weighted by Gasteiger charge is 2.27. The fourth-order valence-corrected chi connectivity index (χ4v) is 5.70. The van der Waals surface area contributed by atoms with Gasteiger partial charge in [0.15, 0.2) is 5.65 Å². The van der Waals surface area contributed by atoms with Gasteiger partial charge in [0.1, 0.15) is 11.6 Å². The number of ether oxygens (including phenoxy) is 1. The number of carbonyl (C=O) groups excluding carboxylic acids is 1. The van der Waals surface area contributed by atoms with Gasteiger partial charge in [-0.15, -0.1) is 0 Å². The topological polar surface area (TPSA) is 76.4 Å². The van der Waals surface area contributed by atoms with Crippen molar-refractivity contribution in [1.82, 2.24) is 24.6 Å². The number of nitrogens with zero attached hydrogens (tertiary/aromatic N) is 6. The van der Waals surface area contributed by atoms with Crippen LogP contribution >= 0.6 is 23.2 Å². The van der Waals surface area contributed by atoms with Gasteiger partial charge in [-0.1, -0.05) is 41.4 Å². The molecule has 2 aromatic heterocycles. The van der Waals surface area contributed by atoms with Gasteiger partial charge in [0.05, 0.1) is 27.9 Å². The Morgan fingerprint density at radius 1 is 0.947 bits per heavy atom. The van der Waals surface area contributed by atoms with Crippen LogP contribution < -0.4 is 4.90 Å². The number of para-hydroxylation sites is 1. The number of benzene rings is 2. The molecule has 0 radical (unpaired) electrons. The van der Waals surface area contributed by atoms with Crippen LogP contribution in [0.3, 0.4) is 0 Å². The van der Waals surface area contributed by atoms with Gasteiger partial charge in [-0.05, 0) is 49.6 Å². The fraction of sp³-hybridized carbons (Fsp3) is 0.357. The van der Waals surface area contributed by atoms with Crippen molar-refractivity contribution in [3.8, 4) is 5.69 Å². The molecule has 0 spiro atoms. The van der Waals surface area contributed by atoms with Gasteiger partial charge < -0.3 is 14.5 Å². The molecular formula is C28H28Cl2N6O2. The number of aromatic nitrogens is 4. The summed E-state index contributed by atoms with van der Waals surface area (Å²) in [5.41, 5.74) is 2.23. The Morgan fingerprint density at radius 2 is 1.76 bits per heavy atom. The number of hydrogen-bond acceptors (Lipinski definition) is 6. The Bertz CT molecular complexity index is 1450. The van der Waals surface area contributed by atoms with Crippen LogP contribution in [0.15, 0.2) is 54.7 Å². The van der Waals surface area contributed by atoms with E-state index in [-0.39, 0.29) is 11.8 Å². The molecule has 2 aromatic carbocycles. The van der Waals surface area contributed by atoms with E-state index in [4.69, 9.17) is 43.0 Å². The lowest BCUT2D eigenvalue weighted by molar-refractivity contribution is 0.0767. The standard InChI is InChI=1S/C28H28Cl2N6O2/c29-20-7-8-22(24(30)17-20)28(37)35-12-4-11-34(13-14-35)26-23-18-31-36(21-5-2-1-3-6-21)27(23)33-25(32-26)19-9-15-38-16-10-19/h1-3,5-8,17-19H,4,9-16H2. The van der Waals surface area contributed by atoms with Crippen LogP contribution in [0.5, 0.6) is 0 Å². The van der Waals surface area contributed by atoms with Gasteiger partial charge >= 0.3 is 0 Å². The predicted molar refractivity (Wildman–Crippen MR) is 149 cm³/mol. The van der Waals surface area contributed by atoms with Gasteiger partial charge in [0.2, 0.25) is 0 Å². The molecule has 0 N–H and O–H groups in total. The summed E-state index contributed by atoms with van der Waals surface area (Å²) in [6.45, 7) is 4.04. The van der Waals surface area contributed by atoms with Crippen molar-refractivity contribution < 1.29 is 9.53 Å². The van der Waals surface area contributed by atoms with Gasteiger partial charge in [-0.3, -0.25) is 4.79 Å². The Balaban J connectivity index is 1.33. The van der Waals surface area contributed by atoms with E-state index in [0.717, 1.165) is 54.2 Å². The molecular weight excluding hydrogens is 523 g/mol. The monoisotopic (exact) mass is 550 g/mol. The molecule has 1 amide bonds. The van der Waals surface area contributed by atoms with Crippen LogP contribution in [-0.4, -0.2) is 69.9 Å². The summed E-state index contributed by atoms with van der Waals surface area (Å²) in [7, 11) is 0. The second kappa shape index (κ2) is 10.9. The van der Waals surface area contributed by atoms with Crippen molar-refractivity contribution in [2.75, 3.05) is 44.3 Å². The Morgan fingerprint density at radius 3 is 2.55 bits per heavy atom. The largest absolute Gasteiger partial charge is 0.381 e. The second-order valence-corrected chi connectivity index (χ2v) is 10.5. The molecule has 2 fully saturated rings. The highest BCUT2D eigenvalue weighted by Crippen LogP contribution is 2.32. The van der Waals surface area contributed by atoms with Crippen molar-refractivity contribution in [2.24, 2.45) is 0 Å². The maximum atomic E-state index is 13.3. The molecule has 0 unspecified atom stereocenters. The molecule has 0 aliphatic carbocycles. The first kappa shape index (κ1) is 25.1. The van der Waals surface area contributed by atoms with Gasteiger partial charge in [-0.2, -0.15) is 5.10 Å². The first-order chi connectivity index (χ1) is 18.6. The molecule has 8 nitrogen and oxygen atoms in total. The summed E-state index contributed by atoms with van der Waals surface area (Å²) in [5, 5.41) is 6.49. The molecule has 38 heavy (non-hydrogen) atoms. The zero-order chi connectivity index (χ0) is 26.1. The molecule has 2 aliphatic rings. The third-order valence-corrected chi connectivity index (χ3v) is 7.80. The van der Waals surface area contributed by atoms with E-state index in [1.807, 2.05) is 46.1 Å². The lowest BCUT2D eigenvalue weighted by Gasteiger charge is -2.26. The normalized spacial score (nSPS) is 17.1. The fourth-order valence-electron chi connectivity index (χ4n) is 5.21. The lowest BCUT2D eigenvalue weighted by Crippen LogP contribution is -2.35. The van der Waals surface area contributed by atoms with Gasteiger partial charge in [0.25, 0.3) is 5.91 Å². The number of halogens is 2. The van der Waals surface area contributed by atoms with E-state index in [1.54, 1.807) is 18.2 Å². The predicted octanol–water partition coefficient (Wildman–Crippen LogP) is 5.37. The van der Waals surface area contributed by atoms with Crippen LogP contribution in [0.4, 0.5) is 5.82 Å². The lowest BCUT2D eigenvalue weighted by atomic mass is 9.99. The summed E-state index contributed by atoms with van der Waals surface area (Å²) in [5.74, 6) is 1.86. The number of anilines is 1. The van der Waals surface area contributed by atoms with Crippen LogP contribution in [0.2, 0.25) is 10.0 Å². The minimum Gasteiger partial charge on any atom is -0.381 e. The van der Waals surface area contributed by atoms with Crippen LogP contribution in [0.1, 0.15) is 41.4 Å². The van der Waals surface area contributed by atoms with Crippen molar-refractivity contribution >= 4 is 46.0 Å². The van der Waals surface area contributed by atoms with Crippen LogP contribution in [0.25, 0.3) is 16.7 Å². The average Bonchev–Trinajstić information content (AvgIpc) is 3.22. The molecule has 6 rings (SSSR count). The van der Waals surface area contributed by atoms with E-state index in [0.29, 0.717) is 48.5 Å². The first-order valence-corrected chi connectivity index (χ1v) is 13.7.